The Bertz CT molecular complexity index is 57.9. The van der Waals surface area contributed by atoms with Crippen LogP contribution < -0.4 is 11.5 Å². The first-order valence-corrected chi connectivity index (χ1v) is 2.78. The van der Waals surface area contributed by atoms with Crippen LogP contribution in [0.25, 0.3) is 0 Å². The molecule has 3 heteroatoms. The van der Waals surface area contributed by atoms with Crippen molar-refractivity contribution >= 4 is 0 Å². The molecule has 0 bridgehead atoms. The Balaban J connectivity index is 3.11. The van der Waals surface area contributed by atoms with E-state index in [1.807, 2.05) is 6.92 Å². The Hall–Kier alpha value is -0.120. The Morgan fingerprint density at radius 2 is 2.00 bits per heavy atom. The van der Waals surface area contributed by atoms with Gasteiger partial charge in [-0.25, -0.2) is 0 Å². The lowest BCUT2D eigenvalue weighted by atomic mass is 10.5. The smallest absolute Gasteiger partial charge is 0.166 e. The summed E-state index contributed by atoms with van der Waals surface area (Å²) in [5.74, 6) is -0.948. The maximum absolute atomic E-state index is 5.28. The minimum Gasteiger partial charge on any atom is -0.348 e. The molecule has 0 saturated carbocycles. The highest BCUT2D eigenvalue weighted by Gasteiger charge is 2.08. The van der Waals surface area contributed by atoms with Gasteiger partial charge in [0.25, 0.3) is 0 Å². The van der Waals surface area contributed by atoms with E-state index in [1.54, 1.807) is 6.92 Å². The van der Waals surface area contributed by atoms with Crippen molar-refractivity contribution < 1.29 is 4.74 Å². The fourth-order valence-electron chi connectivity index (χ4n) is 0.322. The third-order valence-corrected chi connectivity index (χ3v) is 0.617. The van der Waals surface area contributed by atoms with E-state index in [4.69, 9.17) is 16.2 Å². The van der Waals surface area contributed by atoms with Crippen LogP contribution in [-0.2, 0) is 4.74 Å². The van der Waals surface area contributed by atoms with E-state index in [0.717, 1.165) is 6.42 Å². The highest BCUT2D eigenvalue weighted by atomic mass is 16.5. The Morgan fingerprint density at radius 3 is 2.12 bits per heavy atom. The molecule has 3 nitrogen and oxygen atoms in total. The van der Waals surface area contributed by atoms with Crippen LogP contribution in [-0.4, -0.2) is 12.5 Å². The van der Waals surface area contributed by atoms with Crippen LogP contribution in [0.5, 0.6) is 0 Å². The van der Waals surface area contributed by atoms with Gasteiger partial charge in [0.05, 0.1) is 6.61 Å². The largest absolute Gasteiger partial charge is 0.348 e. The summed E-state index contributed by atoms with van der Waals surface area (Å²) in [6.45, 7) is 4.26. The number of nitrogens with two attached hydrogens (primary N) is 2. The predicted octanol–water partition coefficient (Wildman–Crippen LogP) is 0.00410. The topological polar surface area (TPSA) is 61.3 Å². The molecular formula is C5H14N2O. The van der Waals surface area contributed by atoms with E-state index >= 15 is 0 Å². The molecule has 0 aromatic rings. The van der Waals surface area contributed by atoms with E-state index in [9.17, 15) is 0 Å². The molecule has 0 amide bonds. The summed E-state index contributed by atoms with van der Waals surface area (Å²) in [4.78, 5) is 0. The molecule has 0 aromatic carbocycles. The SMILES string of the molecule is CCCOC(C)(N)N. The first-order chi connectivity index (χ1) is 3.56. The maximum atomic E-state index is 5.28. The second kappa shape index (κ2) is 3.02. The summed E-state index contributed by atoms with van der Waals surface area (Å²) < 4.78 is 4.93. The lowest BCUT2D eigenvalue weighted by Gasteiger charge is -2.18. The van der Waals surface area contributed by atoms with Crippen molar-refractivity contribution in [3.8, 4) is 0 Å². The van der Waals surface area contributed by atoms with Crippen molar-refractivity contribution in [2.45, 2.75) is 26.1 Å². The van der Waals surface area contributed by atoms with E-state index in [0.29, 0.717) is 6.61 Å². The van der Waals surface area contributed by atoms with E-state index in [2.05, 4.69) is 0 Å². The van der Waals surface area contributed by atoms with E-state index < -0.39 is 5.85 Å². The molecule has 0 rings (SSSR count). The molecular weight excluding hydrogens is 104 g/mol. The molecule has 0 spiro atoms. The molecule has 0 aliphatic carbocycles. The molecule has 0 radical (unpaired) electrons. The molecule has 4 N–H and O–H groups in total. The second-order valence-electron chi connectivity index (χ2n) is 2.03. The molecule has 0 unspecified atom stereocenters. The average Bonchev–Trinajstić information content (AvgIpc) is 1.59. The van der Waals surface area contributed by atoms with Crippen molar-refractivity contribution in [3.63, 3.8) is 0 Å². The van der Waals surface area contributed by atoms with Crippen LogP contribution in [0, 0.1) is 0 Å². The highest BCUT2D eigenvalue weighted by Crippen LogP contribution is 1.90. The van der Waals surface area contributed by atoms with Gasteiger partial charge in [0.2, 0.25) is 0 Å². The van der Waals surface area contributed by atoms with Crippen LogP contribution in [0.1, 0.15) is 20.3 Å². The number of hydrogen-bond acceptors (Lipinski definition) is 3. The third-order valence-electron chi connectivity index (χ3n) is 0.617. The van der Waals surface area contributed by atoms with Gasteiger partial charge in [-0.05, 0) is 13.3 Å². The minimum atomic E-state index is -0.948. The first-order valence-electron chi connectivity index (χ1n) is 2.78. The number of rotatable bonds is 3. The molecule has 0 aromatic heterocycles. The molecule has 50 valence electrons. The molecule has 0 aliphatic heterocycles. The van der Waals surface area contributed by atoms with E-state index in [-0.39, 0.29) is 0 Å². The number of ether oxygens (including phenoxy) is 1. The fourth-order valence-corrected chi connectivity index (χ4v) is 0.322. The van der Waals surface area contributed by atoms with Crippen LogP contribution >= 0.6 is 0 Å². The molecule has 0 saturated heterocycles. The van der Waals surface area contributed by atoms with Crippen molar-refractivity contribution in [2.24, 2.45) is 11.5 Å². The molecule has 8 heavy (non-hydrogen) atoms. The molecule has 0 atom stereocenters. The average molecular weight is 118 g/mol. The van der Waals surface area contributed by atoms with Crippen LogP contribution in [0.2, 0.25) is 0 Å². The summed E-state index contributed by atoms with van der Waals surface area (Å²) in [7, 11) is 0. The Labute approximate surface area is 50.0 Å². The zero-order valence-corrected chi connectivity index (χ0v) is 5.48. The van der Waals surface area contributed by atoms with Crippen LogP contribution in [0.3, 0.4) is 0 Å². The predicted molar refractivity (Wildman–Crippen MR) is 33.0 cm³/mol. The van der Waals surface area contributed by atoms with Gasteiger partial charge < -0.3 is 4.74 Å². The molecule has 0 aliphatic rings. The first kappa shape index (κ1) is 7.88. The van der Waals surface area contributed by atoms with Crippen LogP contribution in [0.4, 0.5) is 0 Å². The Morgan fingerprint density at radius 1 is 1.50 bits per heavy atom. The van der Waals surface area contributed by atoms with Crippen molar-refractivity contribution in [2.75, 3.05) is 6.61 Å². The summed E-state index contributed by atoms with van der Waals surface area (Å²) in [5.41, 5.74) is 10.6. The molecule has 0 heterocycles. The fraction of sp³-hybridized carbons (Fsp3) is 1.00. The van der Waals surface area contributed by atoms with Gasteiger partial charge in [0.15, 0.2) is 5.85 Å². The monoisotopic (exact) mass is 118 g/mol. The summed E-state index contributed by atoms with van der Waals surface area (Å²) in [6, 6.07) is 0. The quantitative estimate of drug-likeness (QED) is 0.513. The van der Waals surface area contributed by atoms with Crippen LogP contribution in [0.15, 0.2) is 0 Å². The molecule has 0 fully saturated rings. The van der Waals surface area contributed by atoms with E-state index in [1.165, 1.54) is 0 Å². The lowest BCUT2D eigenvalue weighted by Crippen LogP contribution is -2.48. The highest BCUT2D eigenvalue weighted by molar-refractivity contribution is 4.52. The van der Waals surface area contributed by atoms with Gasteiger partial charge in [0.1, 0.15) is 0 Å². The Kier molecular flexibility index (Phi) is 2.97. The maximum Gasteiger partial charge on any atom is 0.166 e. The van der Waals surface area contributed by atoms with Gasteiger partial charge in [-0.15, -0.1) is 0 Å². The van der Waals surface area contributed by atoms with Gasteiger partial charge in [-0.1, -0.05) is 6.92 Å². The lowest BCUT2D eigenvalue weighted by molar-refractivity contribution is -0.0217. The summed E-state index contributed by atoms with van der Waals surface area (Å²) in [5, 5.41) is 0. The summed E-state index contributed by atoms with van der Waals surface area (Å²) in [6.07, 6.45) is 0.948. The zero-order chi connectivity index (χ0) is 6.62. The standard InChI is InChI=1S/C5H14N2O/c1-3-4-8-5(2,6)7/h3-4,6-7H2,1-2H3. The van der Waals surface area contributed by atoms with Gasteiger partial charge in [-0.2, -0.15) is 0 Å². The van der Waals surface area contributed by atoms with Gasteiger partial charge in [0, 0.05) is 0 Å². The normalized spacial score (nSPS) is 12.0. The van der Waals surface area contributed by atoms with Crippen molar-refractivity contribution in [1.29, 1.82) is 0 Å². The second-order valence-corrected chi connectivity index (χ2v) is 2.03. The zero-order valence-electron chi connectivity index (χ0n) is 5.48. The summed E-state index contributed by atoms with van der Waals surface area (Å²) >= 11 is 0. The van der Waals surface area contributed by atoms with Gasteiger partial charge in [-0.3, -0.25) is 11.5 Å². The minimum absolute atomic E-state index is 0.628. The van der Waals surface area contributed by atoms with Crippen molar-refractivity contribution in [1.82, 2.24) is 0 Å². The third kappa shape index (κ3) is 5.88. The van der Waals surface area contributed by atoms with Crippen molar-refractivity contribution in [3.05, 3.63) is 0 Å². The van der Waals surface area contributed by atoms with Gasteiger partial charge >= 0.3 is 0 Å². The number of hydrogen-bond donors (Lipinski definition) is 2.